The zero-order valence-corrected chi connectivity index (χ0v) is 15.8. The maximum Gasteiger partial charge on any atom is 0.336 e. The number of fused-ring (bicyclic) bond motifs is 1. The number of rotatable bonds is 5. The molecule has 0 saturated heterocycles. The van der Waals surface area contributed by atoms with Gasteiger partial charge in [0.15, 0.2) is 11.5 Å². The van der Waals surface area contributed by atoms with Crippen LogP contribution in [0.25, 0.3) is 0 Å². The topological polar surface area (TPSA) is 107 Å². The van der Waals surface area contributed by atoms with E-state index in [1.807, 2.05) is 6.07 Å². The van der Waals surface area contributed by atoms with Crippen molar-refractivity contribution in [2.24, 2.45) is 0 Å². The smallest absolute Gasteiger partial charge is 0.336 e. The van der Waals surface area contributed by atoms with Crippen molar-refractivity contribution in [1.29, 1.82) is 5.26 Å². The second-order valence-electron chi connectivity index (χ2n) is 6.28. The Labute approximate surface area is 162 Å². The fourth-order valence-corrected chi connectivity index (χ4v) is 3.34. The lowest BCUT2D eigenvalue weighted by Gasteiger charge is -2.30. The summed E-state index contributed by atoms with van der Waals surface area (Å²) in [4.78, 5) is 25.3. The summed E-state index contributed by atoms with van der Waals surface area (Å²) in [6.45, 7) is 3.56. The van der Waals surface area contributed by atoms with Gasteiger partial charge in [-0.25, -0.2) is 9.59 Å². The molecule has 146 valence electrons. The van der Waals surface area contributed by atoms with Crippen LogP contribution >= 0.6 is 0 Å². The Morgan fingerprint density at radius 2 is 1.86 bits per heavy atom. The number of carbonyl (C=O) groups is 2. The monoisotopic (exact) mass is 384 g/mol. The molecule has 3 rings (SSSR count). The van der Waals surface area contributed by atoms with Gasteiger partial charge in [0.25, 0.3) is 0 Å². The van der Waals surface area contributed by atoms with Crippen LogP contribution in [-0.2, 0) is 19.1 Å². The zero-order valence-electron chi connectivity index (χ0n) is 15.8. The van der Waals surface area contributed by atoms with Gasteiger partial charge in [-0.3, -0.25) is 0 Å². The number of hydrogen-bond acceptors (Lipinski definition) is 8. The largest absolute Gasteiger partial charge is 0.466 e. The molecule has 1 aromatic carbocycles. The number of dihydropyridines is 1. The number of nitrogens with zero attached hydrogens (tertiary/aromatic N) is 1. The average Bonchev–Trinajstić information content (AvgIpc) is 3.14. The highest BCUT2D eigenvalue weighted by Crippen LogP contribution is 2.42. The SMILES string of the molecule is COC(=O)C1=C(C)NC(C)=C(C(=O)OCCC#N)C1c1ccc2c(c1)OCO2. The number of carbonyl (C=O) groups excluding carboxylic acids is 2. The van der Waals surface area contributed by atoms with Crippen LogP contribution in [0, 0.1) is 11.3 Å². The highest BCUT2D eigenvalue weighted by molar-refractivity contribution is 5.99. The quantitative estimate of drug-likeness (QED) is 0.609. The number of allylic oxidation sites excluding steroid dienone is 2. The minimum atomic E-state index is -0.710. The number of nitriles is 1. The molecule has 0 aromatic heterocycles. The fourth-order valence-electron chi connectivity index (χ4n) is 3.34. The van der Waals surface area contributed by atoms with E-state index in [0.29, 0.717) is 34.0 Å². The van der Waals surface area contributed by atoms with Crippen molar-refractivity contribution in [3.05, 3.63) is 46.3 Å². The first-order chi connectivity index (χ1) is 13.5. The lowest BCUT2D eigenvalue weighted by molar-refractivity contribution is -0.139. The van der Waals surface area contributed by atoms with Crippen LogP contribution in [0.1, 0.15) is 31.7 Å². The Balaban J connectivity index is 2.08. The Bertz CT molecular complexity index is 925. The Morgan fingerprint density at radius 1 is 1.18 bits per heavy atom. The van der Waals surface area contributed by atoms with E-state index in [0.717, 1.165) is 0 Å². The molecule has 2 aliphatic heterocycles. The third-order valence-electron chi connectivity index (χ3n) is 4.56. The number of nitrogens with one attached hydrogen (secondary N) is 1. The van der Waals surface area contributed by atoms with Crippen molar-refractivity contribution in [3.63, 3.8) is 0 Å². The van der Waals surface area contributed by atoms with Crippen LogP contribution in [-0.4, -0.2) is 32.4 Å². The van der Waals surface area contributed by atoms with Crippen molar-refractivity contribution in [2.45, 2.75) is 26.2 Å². The summed E-state index contributed by atoms with van der Waals surface area (Å²) in [6.07, 6.45) is 0.0823. The molecule has 8 heteroatoms. The molecule has 0 bridgehead atoms. The van der Waals surface area contributed by atoms with E-state index in [-0.39, 0.29) is 25.4 Å². The first-order valence-electron chi connectivity index (χ1n) is 8.68. The van der Waals surface area contributed by atoms with Gasteiger partial charge in [-0.15, -0.1) is 0 Å². The van der Waals surface area contributed by atoms with Crippen LogP contribution in [0.15, 0.2) is 40.7 Å². The summed E-state index contributed by atoms with van der Waals surface area (Å²) in [5.74, 6) is -0.735. The van der Waals surface area contributed by atoms with Crippen LogP contribution in [0.4, 0.5) is 0 Å². The van der Waals surface area contributed by atoms with Gasteiger partial charge >= 0.3 is 11.9 Å². The lowest BCUT2D eigenvalue weighted by atomic mass is 9.80. The Hall–Kier alpha value is -3.47. The predicted octanol–water partition coefficient (Wildman–Crippen LogP) is 2.28. The van der Waals surface area contributed by atoms with Crippen molar-refractivity contribution < 1.29 is 28.5 Å². The summed E-state index contributed by atoms with van der Waals surface area (Å²) in [7, 11) is 1.29. The van der Waals surface area contributed by atoms with Crippen molar-refractivity contribution >= 4 is 11.9 Å². The standard InChI is InChI=1S/C20H20N2O6/c1-11-16(19(23)25-3)18(13-5-6-14-15(9-13)28-10-27-14)17(12(2)22-11)20(24)26-8-4-7-21/h5-6,9,18,22H,4,8,10H2,1-3H3. The molecule has 1 N–H and O–H groups in total. The van der Waals surface area contributed by atoms with Crippen LogP contribution in [0.3, 0.4) is 0 Å². The summed E-state index contributed by atoms with van der Waals surface area (Å²) in [5, 5.41) is 11.7. The van der Waals surface area contributed by atoms with Gasteiger partial charge in [-0.1, -0.05) is 6.07 Å². The minimum absolute atomic E-state index is 0.0315. The van der Waals surface area contributed by atoms with Gasteiger partial charge in [0.2, 0.25) is 6.79 Å². The van der Waals surface area contributed by atoms with Crippen LogP contribution in [0.2, 0.25) is 0 Å². The molecule has 1 atom stereocenters. The highest BCUT2D eigenvalue weighted by Gasteiger charge is 2.38. The summed E-state index contributed by atoms with van der Waals surface area (Å²) in [6, 6.07) is 7.18. The van der Waals surface area contributed by atoms with E-state index in [9.17, 15) is 9.59 Å². The summed E-state index contributed by atoms with van der Waals surface area (Å²) < 4.78 is 21.0. The molecule has 0 spiro atoms. The van der Waals surface area contributed by atoms with Gasteiger partial charge in [0.1, 0.15) is 6.61 Å². The number of methoxy groups -OCH3 is 1. The van der Waals surface area contributed by atoms with E-state index in [4.69, 9.17) is 24.2 Å². The van der Waals surface area contributed by atoms with E-state index in [2.05, 4.69) is 5.32 Å². The molecule has 0 radical (unpaired) electrons. The lowest BCUT2D eigenvalue weighted by Crippen LogP contribution is -2.32. The highest BCUT2D eigenvalue weighted by atomic mass is 16.7. The first-order valence-corrected chi connectivity index (χ1v) is 8.68. The maximum atomic E-state index is 12.8. The molecule has 2 heterocycles. The van der Waals surface area contributed by atoms with E-state index >= 15 is 0 Å². The average molecular weight is 384 g/mol. The molecule has 2 aliphatic rings. The van der Waals surface area contributed by atoms with E-state index in [1.165, 1.54) is 7.11 Å². The summed E-state index contributed by atoms with van der Waals surface area (Å²) in [5.41, 5.74) is 2.40. The first kappa shape index (κ1) is 19.3. The van der Waals surface area contributed by atoms with Gasteiger partial charge in [0, 0.05) is 11.4 Å². The summed E-state index contributed by atoms with van der Waals surface area (Å²) >= 11 is 0. The second kappa shape index (κ2) is 8.05. The molecule has 0 aliphatic carbocycles. The van der Waals surface area contributed by atoms with Crippen molar-refractivity contribution in [2.75, 3.05) is 20.5 Å². The number of esters is 2. The van der Waals surface area contributed by atoms with Crippen molar-refractivity contribution in [1.82, 2.24) is 5.32 Å². The van der Waals surface area contributed by atoms with Crippen LogP contribution in [0.5, 0.6) is 11.5 Å². The number of benzene rings is 1. The number of ether oxygens (including phenoxy) is 4. The van der Waals surface area contributed by atoms with Crippen molar-refractivity contribution in [3.8, 4) is 17.6 Å². The fraction of sp³-hybridized carbons (Fsp3) is 0.350. The molecule has 8 nitrogen and oxygen atoms in total. The van der Waals surface area contributed by atoms with E-state index < -0.39 is 17.9 Å². The third kappa shape index (κ3) is 3.51. The Kier molecular flexibility index (Phi) is 5.54. The van der Waals surface area contributed by atoms with Crippen LogP contribution < -0.4 is 14.8 Å². The van der Waals surface area contributed by atoms with Gasteiger partial charge in [-0.2, -0.15) is 5.26 Å². The molecule has 28 heavy (non-hydrogen) atoms. The molecular formula is C20H20N2O6. The van der Waals surface area contributed by atoms with Gasteiger partial charge in [-0.05, 0) is 31.5 Å². The number of hydrogen-bond donors (Lipinski definition) is 1. The normalized spacial score (nSPS) is 17.7. The third-order valence-corrected chi connectivity index (χ3v) is 4.56. The zero-order chi connectivity index (χ0) is 20.3. The molecule has 1 unspecified atom stereocenters. The second-order valence-corrected chi connectivity index (χ2v) is 6.28. The predicted molar refractivity (Wildman–Crippen MR) is 97.0 cm³/mol. The molecular weight excluding hydrogens is 364 g/mol. The van der Waals surface area contributed by atoms with E-state index in [1.54, 1.807) is 32.0 Å². The maximum absolute atomic E-state index is 12.8. The molecule has 0 fully saturated rings. The Morgan fingerprint density at radius 3 is 2.54 bits per heavy atom. The molecule has 0 saturated carbocycles. The molecule has 1 aromatic rings. The minimum Gasteiger partial charge on any atom is -0.466 e. The van der Waals surface area contributed by atoms with Gasteiger partial charge in [0.05, 0.1) is 36.7 Å². The van der Waals surface area contributed by atoms with Gasteiger partial charge < -0.3 is 24.3 Å². The molecule has 0 amide bonds.